The van der Waals surface area contributed by atoms with E-state index in [0.717, 1.165) is 50.1 Å². The minimum Gasteiger partial charge on any atom is -0.371 e. The third-order valence-electron chi connectivity index (χ3n) is 7.58. The van der Waals surface area contributed by atoms with Crippen LogP contribution in [0.15, 0.2) is 71.5 Å². The fourth-order valence-corrected chi connectivity index (χ4v) is 5.90. The summed E-state index contributed by atoms with van der Waals surface area (Å²) in [7, 11) is 0. The van der Waals surface area contributed by atoms with Gasteiger partial charge in [-0.2, -0.15) is 0 Å². The van der Waals surface area contributed by atoms with Crippen LogP contribution < -0.4 is 10.6 Å². The van der Waals surface area contributed by atoms with Gasteiger partial charge in [0.1, 0.15) is 0 Å². The highest BCUT2D eigenvalue weighted by Crippen LogP contribution is 2.32. The third-order valence-corrected chi connectivity index (χ3v) is 7.58. The van der Waals surface area contributed by atoms with Gasteiger partial charge in [0.05, 0.1) is 11.0 Å². The molecular weight excluding hydrogens is 396 g/mol. The highest BCUT2D eigenvalue weighted by Gasteiger charge is 2.30. The van der Waals surface area contributed by atoms with Crippen molar-refractivity contribution in [2.24, 2.45) is 0 Å². The molecule has 3 heterocycles. The second-order valence-electron chi connectivity index (χ2n) is 9.30. The molecule has 0 saturated carbocycles. The van der Waals surface area contributed by atoms with Gasteiger partial charge in [0.15, 0.2) is 0 Å². The summed E-state index contributed by atoms with van der Waals surface area (Å²) in [6.07, 6.45) is 4.51. The molecule has 1 aromatic heterocycles. The van der Waals surface area contributed by atoms with Crippen molar-refractivity contribution in [3.05, 3.63) is 77.2 Å². The first-order chi connectivity index (χ1) is 15.8. The highest BCUT2D eigenvalue weighted by atomic mass is 16.1. The van der Waals surface area contributed by atoms with E-state index in [1.165, 1.54) is 29.3 Å². The van der Waals surface area contributed by atoms with Crippen molar-refractivity contribution in [3.63, 3.8) is 0 Å². The Bertz CT molecular complexity index is 1280. The van der Waals surface area contributed by atoms with Crippen LogP contribution in [0.1, 0.15) is 31.7 Å². The van der Waals surface area contributed by atoms with Crippen LogP contribution in [0.4, 0.5) is 5.69 Å². The molecule has 4 aromatic rings. The standard InChI is InChI=1S/C27H30N4O/c32-27-28-24-9-3-4-10-26(24)31(27)22-14-16-29(17-15-22)21-12-18-30(19-13-21)25-11-5-7-20-6-1-2-8-23(20)25/h1-11,21-22H,12-19H2,(H,28,32). The molecule has 2 fully saturated rings. The third kappa shape index (κ3) is 3.41. The molecule has 0 atom stereocenters. The fourth-order valence-electron chi connectivity index (χ4n) is 5.90. The van der Waals surface area contributed by atoms with Crippen molar-refractivity contribution < 1.29 is 0 Å². The van der Waals surface area contributed by atoms with Crippen LogP contribution in [-0.2, 0) is 0 Å². The van der Waals surface area contributed by atoms with Crippen LogP contribution in [0, 0.1) is 0 Å². The molecule has 2 aliphatic heterocycles. The van der Waals surface area contributed by atoms with E-state index in [0.29, 0.717) is 12.1 Å². The van der Waals surface area contributed by atoms with Crippen molar-refractivity contribution in [3.8, 4) is 0 Å². The Labute approximate surface area is 188 Å². The Morgan fingerprint density at radius 3 is 2.25 bits per heavy atom. The number of para-hydroxylation sites is 2. The van der Waals surface area contributed by atoms with E-state index in [1.807, 2.05) is 22.8 Å². The molecule has 2 saturated heterocycles. The van der Waals surface area contributed by atoms with E-state index in [-0.39, 0.29) is 5.69 Å². The summed E-state index contributed by atoms with van der Waals surface area (Å²) < 4.78 is 2.00. The maximum absolute atomic E-state index is 12.6. The van der Waals surface area contributed by atoms with Gasteiger partial charge in [-0.25, -0.2) is 4.79 Å². The van der Waals surface area contributed by atoms with E-state index in [2.05, 4.69) is 63.3 Å². The number of anilines is 1. The number of aromatic nitrogens is 2. The second kappa shape index (κ2) is 8.14. The minimum absolute atomic E-state index is 0.0352. The van der Waals surface area contributed by atoms with Crippen molar-refractivity contribution in [1.29, 1.82) is 0 Å². The van der Waals surface area contributed by atoms with Gasteiger partial charge < -0.3 is 14.8 Å². The number of likely N-dealkylation sites (tertiary alicyclic amines) is 1. The topological polar surface area (TPSA) is 44.3 Å². The summed E-state index contributed by atoms with van der Waals surface area (Å²) in [5, 5.41) is 2.68. The molecular formula is C27H30N4O. The number of nitrogens with zero attached hydrogens (tertiary/aromatic N) is 3. The average molecular weight is 427 g/mol. The maximum atomic E-state index is 12.6. The van der Waals surface area contributed by atoms with Crippen LogP contribution in [-0.4, -0.2) is 46.7 Å². The molecule has 0 unspecified atom stereocenters. The fraction of sp³-hybridized carbons (Fsp3) is 0.370. The molecule has 164 valence electrons. The number of benzene rings is 3. The lowest BCUT2D eigenvalue weighted by atomic mass is 9.96. The zero-order chi connectivity index (χ0) is 21.5. The molecule has 0 spiro atoms. The maximum Gasteiger partial charge on any atom is 0.326 e. The number of hydrogen-bond acceptors (Lipinski definition) is 3. The Hall–Kier alpha value is -3.05. The first-order valence-electron chi connectivity index (χ1n) is 11.9. The Balaban J connectivity index is 1.11. The average Bonchev–Trinajstić information content (AvgIpc) is 3.19. The smallest absolute Gasteiger partial charge is 0.326 e. The number of rotatable bonds is 3. The largest absolute Gasteiger partial charge is 0.371 e. The first kappa shape index (κ1) is 19.6. The van der Waals surface area contributed by atoms with Crippen LogP contribution in [0.3, 0.4) is 0 Å². The van der Waals surface area contributed by atoms with E-state index in [1.54, 1.807) is 0 Å². The van der Waals surface area contributed by atoms with Crippen molar-refractivity contribution >= 4 is 27.5 Å². The predicted octanol–water partition coefficient (Wildman–Crippen LogP) is 4.79. The van der Waals surface area contributed by atoms with Gasteiger partial charge in [0.25, 0.3) is 0 Å². The van der Waals surface area contributed by atoms with Crippen molar-refractivity contribution in [2.75, 3.05) is 31.1 Å². The zero-order valence-electron chi connectivity index (χ0n) is 18.4. The van der Waals surface area contributed by atoms with E-state index >= 15 is 0 Å². The lowest BCUT2D eigenvalue weighted by Crippen LogP contribution is -2.48. The van der Waals surface area contributed by atoms with E-state index < -0.39 is 0 Å². The summed E-state index contributed by atoms with van der Waals surface area (Å²) >= 11 is 0. The number of H-pyrrole nitrogens is 1. The van der Waals surface area contributed by atoms with Gasteiger partial charge in [-0.1, -0.05) is 48.5 Å². The number of hydrogen-bond donors (Lipinski definition) is 1. The number of fused-ring (bicyclic) bond motifs is 2. The summed E-state index contributed by atoms with van der Waals surface area (Å²) in [5.41, 5.74) is 3.40. The van der Waals surface area contributed by atoms with Gasteiger partial charge in [-0.3, -0.25) is 4.57 Å². The molecule has 5 heteroatoms. The summed E-state index contributed by atoms with van der Waals surface area (Å²) in [5.74, 6) is 0. The normalized spacial score (nSPS) is 19.2. The molecule has 1 N–H and O–H groups in total. The molecule has 0 radical (unpaired) electrons. The summed E-state index contributed by atoms with van der Waals surface area (Å²) in [6, 6.07) is 24.4. The van der Waals surface area contributed by atoms with Gasteiger partial charge >= 0.3 is 5.69 Å². The van der Waals surface area contributed by atoms with Gasteiger partial charge in [0.2, 0.25) is 0 Å². The zero-order valence-corrected chi connectivity index (χ0v) is 18.4. The van der Waals surface area contributed by atoms with Crippen LogP contribution >= 0.6 is 0 Å². The van der Waals surface area contributed by atoms with Crippen molar-refractivity contribution in [2.45, 2.75) is 37.8 Å². The highest BCUT2D eigenvalue weighted by molar-refractivity contribution is 5.94. The van der Waals surface area contributed by atoms with E-state index in [4.69, 9.17) is 0 Å². The predicted molar refractivity (Wildman–Crippen MR) is 132 cm³/mol. The number of nitrogens with one attached hydrogen (secondary N) is 1. The first-order valence-corrected chi connectivity index (χ1v) is 11.9. The number of piperidine rings is 2. The lowest BCUT2D eigenvalue weighted by Gasteiger charge is -2.42. The Morgan fingerprint density at radius 1 is 0.719 bits per heavy atom. The summed E-state index contributed by atoms with van der Waals surface area (Å²) in [6.45, 7) is 4.38. The molecule has 0 bridgehead atoms. The number of aromatic amines is 1. The SMILES string of the molecule is O=c1[nH]c2ccccc2n1C1CCN(C2CCN(c3cccc4ccccc34)CC2)CC1. The molecule has 0 aliphatic carbocycles. The van der Waals surface area contributed by atoms with Crippen molar-refractivity contribution in [1.82, 2.24) is 14.5 Å². The van der Waals surface area contributed by atoms with Crippen LogP contribution in [0.25, 0.3) is 21.8 Å². The van der Waals surface area contributed by atoms with Gasteiger partial charge in [0, 0.05) is 49.3 Å². The molecule has 32 heavy (non-hydrogen) atoms. The van der Waals surface area contributed by atoms with Crippen LogP contribution in [0.5, 0.6) is 0 Å². The van der Waals surface area contributed by atoms with Crippen LogP contribution in [0.2, 0.25) is 0 Å². The van der Waals surface area contributed by atoms with E-state index in [9.17, 15) is 4.79 Å². The molecule has 2 aliphatic rings. The molecule has 0 amide bonds. The van der Waals surface area contributed by atoms with Gasteiger partial charge in [-0.15, -0.1) is 0 Å². The lowest BCUT2D eigenvalue weighted by molar-refractivity contribution is 0.118. The summed E-state index contributed by atoms with van der Waals surface area (Å²) in [4.78, 5) is 20.8. The Kier molecular flexibility index (Phi) is 4.99. The van der Waals surface area contributed by atoms with Gasteiger partial charge in [-0.05, 0) is 49.3 Å². The number of imidazole rings is 1. The molecule has 3 aromatic carbocycles. The molecule has 5 nitrogen and oxygen atoms in total. The second-order valence-corrected chi connectivity index (χ2v) is 9.30. The Morgan fingerprint density at radius 2 is 1.41 bits per heavy atom. The quantitative estimate of drug-likeness (QED) is 0.512. The molecule has 6 rings (SSSR count). The minimum atomic E-state index is 0.0352. The monoisotopic (exact) mass is 426 g/mol.